The first-order valence-electron chi connectivity index (χ1n) is 38.9. The number of fused-ring (bicyclic) bond motifs is 9. The van der Waals surface area contributed by atoms with Crippen molar-refractivity contribution in [2.45, 2.75) is 207 Å². The summed E-state index contributed by atoms with van der Waals surface area (Å²) in [4.78, 5) is 94.4. The molecule has 14 unspecified atom stereocenters. The highest BCUT2D eigenvalue weighted by Crippen LogP contribution is 2.58. The normalized spacial score (nSPS) is 30.2. The lowest BCUT2D eigenvalue weighted by Gasteiger charge is -2.45. The van der Waals surface area contributed by atoms with Gasteiger partial charge in [-0.3, -0.25) is 33.6 Å². The minimum Gasteiger partial charge on any atom is -0.507 e. The molecule has 3 fully saturated rings. The van der Waals surface area contributed by atoms with E-state index in [1.54, 1.807) is 33.8 Å². The fourth-order valence-corrected chi connectivity index (χ4v) is 18.2. The van der Waals surface area contributed by atoms with Gasteiger partial charge in [0.05, 0.1) is 163 Å². The monoisotopic (exact) mass is 1660 g/mol. The van der Waals surface area contributed by atoms with Crippen molar-refractivity contribution in [2.24, 2.45) is 23.1 Å². The van der Waals surface area contributed by atoms with Crippen LogP contribution in [-0.2, 0) is 52.5 Å². The summed E-state index contributed by atoms with van der Waals surface area (Å²) in [5.74, 6) is -8.76. The number of carbonyl (C=O) groups excluding carboxylic acids is 7. The van der Waals surface area contributed by atoms with Gasteiger partial charge in [-0.15, -0.1) is 0 Å². The number of ether oxygens (including phenoxy) is 9. The zero-order valence-corrected chi connectivity index (χ0v) is 66.2. The Kier molecular flexibility index (Phi) is 24.5. The molecule has 3 saturated heterocycles. The molecule has 35 heteroatoms. The Morgan fingerprint density at radius 3 is 1.14 bits per heavy atom. The summed E-state index contributed by atoms with van der Waals surface area (Å²) in [5, 5.41) is 167. The molecule has 6 aromatic rings. The van der Waals surface area contributed by atoms with E-state index in [9.17, 15) is 110 Å². The number of hydrogen-bond acceptors (Lipinski definition) is 35. The topological polar surface area (TPSA) is 596 Å². The SMILES string of the molecule is CCNC(CO)[C@]1(O)Cc2c(O)c3c(c(O)c2[C@@H](OC2CC(N)C(O)C(C)O2)C1)C(=O)c1c(OC)cccc1C3=O.COc1cccc2c1C(=O)c1c(O)c3c(c(O)c1C2=O)C[C@@](O)(C(=O)CO)C[C@@H]3OC1CC(N)C(O)C(C)O1.COc1cccc2c1C(=O)c1c(O)c3c(c(O)c1C2=O)C[C@@](O)(C(N)CO)C[C@@H]3OC1CC(C)C(O)C(C)O1. The highest BCUT2D eigenvalue weighted by atomic mass is 16.7. The van der Waals surface area contributed by atoms with Crippen LogP contribution in [0.3, 0.4) is 0 Å². The van der Waals surface area contributed by atoms with Crippen LogP contribution in [0.15, 0.2) is 54.6 Å². The third kappa shape index (κ3) is 14.9. The van der Waals surface area contributed by atoms with Gasteiger partial charge in [-0.05, 0) is 51.4 Å². The van der Waals surface area contributed by atoms with Crippen molar-refractivity contribution in [1.82, 2.24) is 5.32 Å². The lowest BCUT2D eigenvalue weighted by Crippen LogP contribution is -2.57. The molecule has 0 aromatic heterocycles. The van der Waals surface area contributed by atoms with E-state index in [1.165, 1.54) is 69.9 Å². The van der Waals surface area contributed by atoms with E-state index in [4.69, 9.17) is 59.8 Å². The average Bonchev–Trinajstić information content (AvgIpc) is 0.718. The maximum atomic E-state index is 13.8. The molecule has 6 aromatic carbocycles. The molecular formula is C84H98N4O31. The summed E-state index contributed by atoms with van der Waals surface area (Å²) in [5.41, 5.74) is 9.46. The summed E-state index contributed by atoms with van der Waals surface area (Å²) in [7, 11) is 4.03. The molecule has 0 radical (unpaired) electrons. The molecule has 20 atom stereocenters. The van der Waals surface area contributed by atoms with Crippen molar-refractivity contribution < 1.29 is 153 Å². The Morgan fingerprint density at radius 1 is 0.471 bits per heavy atom. The number of aromatic hydroxyl groups is 6. The van der Waals surface area contributed by atoms with Gasteiger partial charge in [0.1, 0.15) is 64.0 Å². The van der Waals surface area contributed by atoms with Crippen molar-refractivity contribution in [2.75, 3.05) is 47.7 Å². The average molecular weight is 1660 g/mol. The maximum absolute atomic E-state index is 13.8. The lowest BCUT2D eigenvalue weighted by molar-refractivity contribution is -0.256. The van der Waals surface area contributed by atoms with Gasteiger partial charge >= 0.3 is 0 Å². The van der Waals surface area contributed by atoms with Gasteiger partial charge in [0.2, 0.25) is 17.3 Å². The Morgan fingerprint density at radius 2 is 0.807 bits per heavy atom. The quantitative estimate of drug-likeness (QED) is 0.0574. The third-order valence-corrected chi connectivity index (χ3v) is 24.6. The standard InChI is InChI=1S/C29H36N2O10.C28H33NO10.C27H29NO11/c1-4-31-18(11-32)29(38)9-14-21(17(10-29)41-19-8-15(30)24(33)12(2)40-19)28(37)23-22(26(14)35)25(34)13-6-5-7-16(39-3)20(13)27(23)36;1-11-7-18(38-12(2)23(11)31)39-16-9-28(36,17(29)10-30)8-14-20(16)27(35)22-21(25(14)33)24(32)13-5-4-6-15(37-3)19(13)26(22)34;1-10-22(31)13(28)6-17(38-10)39-15-8-27(36,16(30)9-29)7-12-19(15)26(35)21-20(24(12)33)23(32)11-4-3-5-14(37-2)18(11)25(21)34/h5-7,12,15,17-19,24,31-33,35,37-38H,4,8-11,30H2,1-3H3;4-6,11-12,16-18,23,30-31,33,35-36H,7-10,29H2,1-3H3;3-5,10,13,15,17,22,29,31,33,35-36H,6-9,28H2,1-2H3/t12?,15?,17-,18?,19?,24?,29-;11?,12?,16-,17?,18?,23?,28-;10?,13?,15-,17?,22?,27-/m000/s1. The van der Waals surface area contributed by atoms with Crippen LogP contribution < -0.4 is 36.7 Å². The number of phenolic OH excluding ortho intramolecular Hbond substituents is 6. The number of aliphatic hydroxyl groups is 9. The molecular weight excluding hydrogens is 1560 g/mol. The van der Waals surface area contributed by atoms with E-state index in [-0.39, 0.29) is 140 Å². The molecule has 0 amide bonds. The van der Waals surface area contributed by atoms with Gasteiger partial charge in [-0.2, -0.15) is 0 Å². The highest BCUT2D eigenvalue weighted by Gasteiger charge is 2.55. The minimum atomic E-state index is -2.24. The number of nitrogens with two attached hydrogens (primary N) is 3. The lowest BCUT2D eigenvalue weighted by atomic mass is 9.71. The molecule has 0 saturated carbocycles. The Bertz CT molecular complexity index is 5060. The Hall–Kier alpha value is -9.55. The maximum Gasteiger partial charge on any atom is 0.202 e. The molecule has 3 heterocycles. The summed E-state index contributed by atoms with van der Waals surface area (Å²) in [6.45, 7) is 6.89. The van der Waals surface area contributed by atoms with Crippen LogP contribution in [0.2, 0.25) is 0 Å². The second kappa shape index (κ2) is 33.5. The van der Waals surface area contributed by atoms with Gasteiger partial charge in [0.25, 0.3) is 0 Å². The van der Waals surface area contributed by atoms with Crippen molar-refractivity contribution in [1.29, 1.82) is 0 Å². The van der Waals surface area contributed by atoms with E-state index in [2.05, 4.69) is 5.32 Å². The van der Waals surface area contributed by atoms with E-state index in [1.807, 2.05) is 6.92 Å². The molecule has 640 valence electrons. The van der Waals surface area contributed by atoms with Gasteiger partial charge in [0.15, 0.2) is 42.0 Å². The van der Waals surface area contributed by atoms with Gasteiger partial charge in [0, 0.05) is 120 Å². The molecule has 22 N–H and O–H groups in total. The summed E-state index contributed by atoms with van der Waals surface area (Å²) in [6, 6.07) is 9.93. The fourth-order valence-electron chi connectivity index (χ4n) is 18.2. The number of nitrogens with one attached hydrogen (secondary N) is 1. The number of carbonyl (C=O) groups is 7. The van der Waals surface area contributed by atoms with Gasteiger partial charge in [-0.25, -0.2) is 0 Å². The summed E-state index contributed by atoms with van der Waals surface area (Å²) < 4.78 is 51.7. The molecule has 15 rings (SSSR count). The Labute approximate surface area is 680 Å². The predicted octanol–water partition coefficient (Wildman–Crippen LogP) is 1.48. The van der Waals surface area contributed by atoms with Crippen LogP contribution in [0.1, 0.15) is 220 Å². The number of likely N-dealkylation sites (N-methyl/N-ethyl adjacent to an activating group) is 1. The first-order chi connectivity index (χ1) is 56.3. The van der Waals surface area contributed by atoms with E-state index < -0.39 is 245 Å². The fraction of sp³-hybridized carbons (Fsp3) is 0.488. The number of aliphatic hydroxyl groups excluding tert-OH is 6. The zero-order chi connectivity index (χ0) is 86.6. The first-order valence-corrected chi connectivity index (χ1v) is 38.9. The number of methoxy groups -OCH3 is 3. The smallest absolute Gasteiger partial charge is 0.202 e. The second-order valence-corrected chi connectivity index (χ2v) is 31.9. The molecule has 0 bridgehead atoms. The number of phenols is 6. The summed E-state index contributed by atoms with van der Waals surface area (Å²) in [6.07, 6.45) is -12.7. The molecule has 3 aliphatic heterocycles. The molecule has 9 aliphatic rings. The second-order valence-electron chi connectivity index (χ2n) is 31.9. The van der Waals surface area contributed by atoms with Gasteiger partial charge in [-0.1, -0.05) is 50.2 Å². The highest BCUT2D eigenvalue weighted by molar-refractivity contribution is 6.33. The number of Topliss-reactive ketones (excluding diaryl/α,β-unsaturated/α-hetero) is 1. The number of rotatable bonds is 17. The van der Waals surface area contributed by atoms with Crippen LogP contribution in [0.25, 0.3) is 0 Å². The zero-order valence-electron chi connectivity index (χ0n) is 66.2. The molecule has 6 aliphatic carbocycles. The van der Waals surface area contributed by atoms with Crippen molar-refractivity contribution >= 4 is 40.5 Å². The number of hydrogen-bond donors (Lipinski definition) is 19. The largest absolute Gasteiger partial charge is 0.507 e. The van der Waals surface area contributed by atoms with Crippen LogP contribution in [0.4, 0.5) is 0 Å². The number of ketones is 7. The Balaban J connectivity index is 0.000000155. The van der Waals surface area contributed by atoms with E-state index in [0.717, 1.165) is 0 Å². The van der Waals surface area contributed by atoms with Crippen molar-refractivity contribution in [3.8, 4) is 51.7 Å². The third-order valence-electron chi connectivity index (χ3n) is 24.6. The van der Waals surface area contributed by atoms with Crippen LogP contribution in [-0.4, -0.2) is 261 Å². The molecule has 35 nitrogen and oxygen atoms in total. The van der Waals surface area contributed by atoms with Gasteiger partial charge < -0.3 is 142 Å². The van der Waals surface area contributed by atoms with Crippen LogP contribution >= 0.6 is 0 Å². The van der Waals surface area contributed by atoms with Crippen LogP contribution in [0, 0.1) is 5.92 Å². The molecule has 0 spiro atoms. The number of benzene rings is 6. The first kappa shape index (κ1) is 87.3. The minimum absolute atomic E-state index is 0.00423. The van der Waals surface area contributed by atoms with Crippen molar-refractivity contribution in [3.63, 3.8) is 0 Å². The molecule has 119 heavy (non-hydrogen) atoms. The van der Waals surface area contributed by atoms with Crippen molar-refractivity contribution in [3.05, 3.63) is 155 Å². The van der Waals surface area contributed by atoms with E-state index in [0.29, 0.717) is 13.0 Å². The predicted molar refractivity (Wildman–Crippen MR) is 412 cm³/mol. The van der Waals surface area contributed by atoms with Crippen LogP contribution in [0.5, 0.6) is 51.7 Å². The summed E-state index contributed by atoms with van der Waals surface area (Å²) >= 11 is 0. The van der Waals surface area contributed by atoms with E-state index >= 15 is 0 Å².